The molecular formula is C12H19O5P. The second kappa shape index (κ2) is 5.85. The molecule has 0 fully saturated rings. The van der Waals surface area contributed by atoms with E-state index in [1.165, 1.54) is 5.56 Å². The second-order valence-corrected chi connectivity index (χ2v) is 6.19. The Bertz CT molecular complexity index is 415. The van der Waals surface area contributed by atoms with E-state index < -0.39 is 7.82 Å². The van der Waals surface area contributed by atoms with Crippen molar-refractivity contribution in [2.75, 3.05) is 13.2 Å². The van der Waals surface area contributed by atoms with Crippen LogP contribution >= 0.6 is 7.82 Å². The molecule has 0 aliphatic rings. The number of phosphoric acid groups is 1. The van der Waals surface area contributed by atoms with Crippen molar-refractivity contribution in [3.63, 3.8) is 0 Å². The number of benzene rings is 1. The lowest BCUT2D eigenvalue weighted by Crippen LogP contribution is -2.11. The maximum atomic E-state index is 10.4. The summed E-state index contributed by atoms with van der Waals surface area (Å²) in [6.45, 7) is 6.31. The van der Waals surface area contributed by atoms with Gasteiger partial charge in [-0.3, -0.25) is 4.52 Å². The predicted molar refractivity (Wildman–Crippen MR) is 68.6 cm³/mol. The first kappa shape index (κ1) is 15.2. The fourth-order valence-corrected chi connectivity index (χ4v) is 1.68. The summed E-state index contributed by atoms with van der Waals surface area (Å²) < 4.78 is 20.0. The molecule has 0 radical (unpaired) electrons. The third-order valence-corrected chi connectivity index (χ3v) is 2.85. The van der Waals surface area contributed by atoms with Crippen LogP contribution in [-0.4, -0.2) is 23.0 Å². The quantitative estimate of drug-likeness (QED) is 0.637. The molecule has 18 heavy (non-hydrogen) atoms. The highest BCUT2D eigenvalue weighted by Gasteiger charge is 2.14. The molecule has 0 heterocycles. The maximum absolute atomic E-state index is 10.4. The van der Waals surface area contributed by atoms with Crippen LogP contribution in [-0.2, 0) is 14.5 Å². The summed E-state index contributed by atoms with van der Waals surface area (Å²) >= 11 is 0. The van der Waals surface area contributed by atoms with E-state index in [0.29, 0.717) is 5.75 Å². The molecule has 0 bridgehead atoms. The predicted octanol–water partition coefficient (Wildman–Crippen LogP) is 2.47. The number of phosphoric ester groups is 1. The zero-order valence-electron chi connectivity index (χ0n) is 10.8. The molecule has 2 N–H and O–H groups in total. The van der Waals surface area contributed by atoms with E-state index in [1.807, 2.05) is 24.3 Å². The lowest BCUT2D eigenvalue weighted by molar-refractivity contribution is 0.160. The van der Waals surface area contributed by atoms with Crippen molar-refractivity contribution in [1.29, 1.82) is 0 Å². The monoisotopic (exact) mass is 274 g/mol. The molecule has 0 unspecified atom stereocenters. The molecular weight excluding hydrogens is 255 g/mol. The minimum absolute atomic E-state index is 0.0854. The van der Waals surface area contributed by atoms with E-state index >= 15 is 0 Å². The van der Waals surface area contributed by atoms with Gasteiger partial charge in [-0.05, 0) is 23.1 Å². The first-order chi connectivity index (χ1) is 8.18. The Kier molecular flexibility index (Phi) is 4.93. The van der Waals surface area contributed by atoms with Crippen molar-refractivity contribution in [1.82, 2.24) is 0 Å². The van der Waals surface area contributed by atoms with Crippen LogP contribution < -0.4 is 4.74 Å². The topological polar surface area (TPSA) is 76.0 Å². The first-order valence-corrected chi connectivity index (χ1v) is 7.15. The van der Waals surface area contributed by atoms with Gasteiger partial charge in [0.1, 0.15) is 12.4 Å². The van der Waals surface area contributed by atoms with Crippen molar-refractivity contribution >= 4 is 7.82 Å². The Morgan fingerprint density at radius 3 is 2.11 bits per heavy atom. The molecule has 0 atom stereocenters. The molecule has 6 heteroatoms. The highest BCUT2D eigenvalue weighted by atomic mass is 31.2. The molecule has 0 saturated carbocycles. The standard InChI is InChI=1S/C12H19O5P/c1-12(2,3)10-4-6-11(7-5-10)16-8-9-17-18(13,14)15/h4-7H,8-9H2,1-3H3,(H2,13,14,15). The summed E-state index contributed by atoms with van der Waals surface area (Å²) in [5.41, 5.74) is 1.28. The average Bonchev–Trinajstić information content (AvgIpc) is 2.22. The van der Waals surface area contributed by atoms with Crippen LogP contribution in [0.4, 0.5) is 0 Å². The summed E-state index contributed by atoms with van der Waals surface area (Å²) in [5, 5.41) is 0. The molecule has 0 aliphatic heterocycles. The van der Waals surface area contributed by atoms with E-state index in [0.717, 1.165) is 0 Å². The summed E-state index contributed by atoms with van der Waals surface area (Å²) in [5.74, 6) is 0.650. The van der Waals surface area contributed by atoms with Crippen molar-refractivity contribution in [3.8, 4) is 5.75 Å². The Morgan fingerprint density at radius 1 is 1.11 bits per heavy atom. The molecule has 1 rings (SSSR count). The van der Waals surface area contributed by atoms with Gasteiger partial charge in [0, 0.05) is 0 Å². The zero-order valence-corrected chi connectivity index (χ0v) is 11.7. The van der Waals surface area contributed by atoms with Gasteiger partial charge >= 0.3 is 7.82 Å². The Labute approximate surface area is 107 Å². The zero-order chi connectivity index (χ0) is 13.8. The fraction of sp³-hybridized carbons (Fsp3) is 0.500. The summed E-state index contributed by atoms with van der Waals surface area (Å²) in [6.07, 6.45) is 0. The van der Waals surface area contributed by atoms with Gasteiger partial charge in [-0.1, -0.05) is 32.9 Å². The van der Waals surface area contributed by atoms with Crippen LogP contribution in [0.15, 0.2) is 24.3 Å². The van der Waals surface area contributed by atoms with Crippen molar-refractivity contribution < 1.29 is 23.6 Å². The lowest BCUT2D eigenvalue weighted by Gasteiger charge is -2.19. The summed E-state index contributed by atoms with van der Waals surface area (Å²) in [7, 11) is -4.40. The van der Waals surface area contributed by atoms with Gasteiger partial charge in [0.05, 0.1) is 6.61 Å². The highest BCUT2D eigenvalue weighted by molar-refractivity contribution is 7.46. The summed E-state index contributed by atoms with van der Waals surface area (Å²) in [6, 6.07) is 7.61. The van der Waals surface area contributed by atoms with Crippen molar-refractivity contribution in [2.24, 2.45) is 0 Å². The van der Waals surface area contributed by atoms with E-state index in [9.17, 15) is 4.57 Å². The number of ether oxygens (including phenoxy) is 1. The van der Waals surface area contributed by atoms with Crippen molar-refractivity contribution in [2.45, 2.75) is 26.2 Å². The SMILES string of the molecule is CC(C)(C)c1ccc(OCCOP(=O)(O)O)cc1. The molecule has 0 aromatic heterocycles. The molecule has 0 aliphatic carbocycles. The number of rotatable bonds is 5. The minimum Gasteiger partial charge on any atom is -0.491 e. The Balaban J connectivity index is 2.43. The van der Waals surface area contributed by atoms with Crippen LogP contribution in [0.1, 0.15) is 26.3 Å². The third-order valence-electron chi connectivity index (χ3n) is 2.33. The largest absolute Gasteiger partial charge is 0.491 e. The maximum Gasteiger partial charge on any atom is 0.469 e. The smallest absolute Gasteiger partial charge is 0.469 e. The van der Waals surface area contributed by atoms with Crippen LogP contribution in [0, 0.1) is 0 Å². The number of hydrogen-bond donors (Lipinski definition) is 2. The molecule has 0 amide bonds. The van der Waals surface area contributed by atoms with Gasteiger partial charge in [-0.2, -0.15) is 0 Å². The van der Waals surface area contributed by atoms with E-state index in [1.54, 1.807) is 0 Å². The van der Waals surface area contributed by atoms with Crippen LogP contribution in [0.25, 0.3) is 0 Å². The molecule has 0 saturated heterocycles. The van der Waals surface area contributed by atoms with Crippen LogP contribution in [0.3, 0.4) is 0 Å². The van der Waals surface area contributed by atoms with E-state index in [2.05, 4.69) is 25.3 Å². The van der Waals surface area contributed by atoms with Crippen molar-refractivity contribution in [3.05, 3.63) is 29.8 Å². The Morgan fingerprint density at radius 2 is 1.67 bits per heavy atom. The van der Waals surface area contributed by atoms with Gasteiger partial charge in [0.25, 0.3) is 0 Å². The van der Waals surface area contributed by atoms with Gasteiger partial charge in [-0.15, -0.1) is 0 Å². The average molecular weight is 274 g/mol. The van der Waals surface area contributed by atoms with E-state index in [-0.39, 0.29) is 18.6 Å². The Hall–Kier alpha value is -0.870. The number of hydrogen-bond acceptors (Lipinski definition) is 3. The fourth-order valence-electron chi connectivity index (χ4n) is 1.37. The van der Waals surface area contributed by atoms with Gasteiger partial charge < -0.3 is 14.5 Å². The van der Waals surface area contributed by atoms with Gasteiger partial charge in [0.15, 0.2) is 0 Å². The molecule has 1 aromatic carbocycles. The minimum atomic E-state index is -4.40. The van der Waals surface area contributed by atoms with Crippen LogP contribution in [0.5, 0.6) is 5.75 Å². The van der Waals surface area contributed by atoms with E-state index in [4.69, 9.17) is 14.5 Å². The highest BCUT2D eigenvalue weighted by Crippen LogP contribution is 2.35. The molecule has 102 valence electrons. The second-order valence-electron chi connectivity index (χ2n) is 4.95. The summed E-state index contributed by atoms with van der Waals surface area (Å²) in [4.78, 5) is 16.9. The van der Waals surface area contributed by atoms with Crippen LogP contribution in [0.2, 0.25) is 0 Å². The molecule has 5 nitrogen and oxygen atoms in total. The molecule has 1 aromatic rings. The van der Waals surface area contributed by atoms with Gasteiger partial charge in [0.2, 0.25) is 0 Å². The first-order valence-electron chi connectivity index (χ1n) is 5.62. The lowest BCUT2D eigenvalue weighted by atomic mass is 9.87. The normalized spacial score (nSPS) is 12.5. The van der Waals surface area contributed by atoms with Gasteiger partial charge in [-0.25, -0.2) is 4.57 Å². The molecule has 0 spiro atoms. The third kappa shape index (κ3) is 5.65.